The molecule has 0 spiro atoms. The number of halogens is 1. The molecule has 1 rings (SSSR count). The Kier molecular flexibility index (Phi) is 3.72. The van der Waals surface area contributed by atoms with E-state index in [9.17, 15) is 5.11 Å². The molecule has 0 aromatic heterocycles. The van der Waals surface area contributed by atoms with Crippen molar-refractivity contribution in [3.8, 4) is 5.75 Å². The molecule has 3 N–H and O–H groups in total. The summed E-state index contributed by atoms with van der Waals surface area (Å²) in [6, 6.07) is 5.25. The first-order valence-electron chi connectivity index (χ1n) is 4.39. The Morgan fingerprint density at radius 1 is 1.64 bits per heavy atom. The van der Waals surface area contributed by atoms with Crippen LogP contribution in [0.2, 0.25) is 0 Å². The van der Waals surface area contributed by atoms with E-state index in [1.165, 1.54) is 0 Å². The maximum absolute atomic E-state index is 9.30. The molecule has 0 amide bonds. The third-order valence-corrected chi connectivity index (χ3v) is 2.60. The topological polar surface area (TPSA) is 46.2 Å². The number of benzene rings is 1. The van der Waals surface area contributed by atoms with Crippen LogP contribution in [0.15, 0.2) is 34.8 Å². The van der Waals surface area contributed by atoms with Crippen LogP contribution in [-0.4, -0.2) is 5.11 Å². The number of aromatic hydroxyl groups is 1. The number of hydrogen-bond acceptors (Lipinski definition) is 2. The molecule has 0 saturated heterocycles. The highest BCUT2D eigenvalue weighted by Crippen LogP contribution is 2.28. The quantitative estimate of drug-likeness (QED) is 0.816. The minimum atomic E-state index is -0.0515. The van der Waals surface area contributed by atoms with Gasteiger partial charge in [-0.25, -0.2) is 0 Å². The summed E-state index contributed by atoms with van der Waals surface area (Å²) in [6.07, 6.45) is 0.761. The summed E-state index contributed by atoms with van der Waals surface area (Å²) in [4.78, 5) is 0. The molecule has 1 atom stereocenters. The normalized spacial score (nSPS) is 12.5. The molecule has 14 heavy (non-hydrogen) atoms. The van der Waals surface area contributed by atoms with Crippen LogP contribution in [0, 0.1) is 0 Å². The van der Waals surface area contributed by atoms with Gasteiger partial charge in [0.15, 0.2) is 0 Å². The Morgan fingerprint density at radius 3 is 2.79 bits per heavy atom. The summed E-state index contributed by atoms with van der Waals surface area (Å²) >= 11 is 3.25. The Bertz CT molecular complexity index is 349. The maximum atomic E-state index is 9.30. The van der Waals surface area contributed by atoms with E-state index in [0.29, 0.717) is 4.47 Å². The molecule has 1 aromatic carbocycles. The first-order chi connectivity index (χ1) is 6.50. The zero-order valence-corrected chi connectivity index (χ0v) is 9.71. The van der Waals surface area contributed by atoms with Crippen molar-refractivity contribution in [3.05, 3.63) is 40.4 Å². The molecule has 2 nitrogen and oxygen atoms in total. The van der Waals surface area contributed by atoms with Crippen molar-refractivity contribution < 1.29 is 5.11 Å². The highest BCUT2D eigenvalue weighted by molar-refractivity contribution is 9.10. The van der Waals surface area contributed by atoms with Crippen LogP contribution in [0.5, 0.6) is 5.75 Å². The molecule has 76 valence electrons. The number of phenols is 1. The molecule has 1 aromatic rings. The van der Waals surface area contributed by atoms with Gasteiger partial charge in [0.1, 0.15) is 5.75 Å². The second-order valence-electron chi connectivity index (χ2n) is 3.48. The van der Waals surface area contributed by atoms with Crippen LogP contribution in [0.25, 0.3) is 0 Å². The molecule has 3 heteroatoms. The average Bonchev–Trinajstić information content (AvgIpc) is 2.08. The van der Waals surface area contributed by atoms with Gasteiger partial charge in [-0.1, -0.05) is 11.6 Å². The van der Waals surface area contributed by atoms with Gasteiger partial charge in [0.05, 0.1) is 4.47 Å². The fourth-order valence-corrected chi connectivity index (χ4v) is 1.64. The Morgan fingerprint density at radius 2 is 2.29 bits per heavy atom. The standard InChI is InChI=1S/C11H14BrNO/c1-7(2)5-10(13)8-3-4-11(14)9(12)6-8/h3-4,6,10,14H,1,5,13H2,2H3/t10-/m0/s1. The Balaban J connectivity index is 2.85. The number of nitrogens with two attached hydrogens (primary N) is 1. The van der Waals surface area contributed by atoms with Gasteiger partial charge in [-0.05, 0) is 47.0 Å². The largest absolute Gasteiger partial charge is 0.507 e. The first-order valence-corrected chi connectivity index (χ1v) is 5.18. The summed E-state index contributed by atoms with van der Waals surface area (Å²) in [5, 5.41) is 9.30. The van der Waals surface area contributed by atoms with Crippen LogP contribution in [0.1, 0.15) is 24.9 Å². The molecule has 0 saturated carbocycles. The first kappa shape index (κ1) is 11.3. The van der Waals surface area contributed by atoms with Crippen LogP contribution >= 0.6 is 15.9 Å². The SMILES string of the molecule is C=C(C)C[C@H](N)c1ccc(O)c(Br)c1. The van der Waals surface area contributed by atoms with E-state index in [0.717, 1.165) is 17.6 Å². The monoisotopic (exact) mass is 255 g/mol. The lowest BCUT2D eigenvalue weighted by molar-refractivity contribution is 0.471. The van der Waals surface area contributed by atoms with Gasteiger partial charge in [-0.2, -0.15) is 0 Å². The number of phenolic OH excluding ortho intramolecular Hbond substituents is 1. The lowest BCUT2D eigenvalue weighted by atomic mass is 10.0. The zero-order chi connectivity index (χ0) is 10.7. The molecule has 0 bridgehead atoms. The van der Waals surface area contributed by atoms with E-state index in [1.807, 2.05) is 19.1 Å². The van der Waals surface area contributed by atoms with Crippen LogP contribution in [-0.2, 0) is 0 Å². The maximum Gasteiger partial charge on any atom is 0.129 e. The minimum absolute atomic E-state index is 0.0515. The summed E-state index contributed by atoms with van der Waals surface area (Å²) in [5.41, 5.74) is 8.01. The Hall–Kier alpha value is -0.800. The fourth-order valence-electron chi connectivity index (χ4n) is 1.25. The molecule has 0 aliphatic rings. The van der Waals surface area contributed by atoms with Crippen LogP contribution < -0.4 is 5.73 Å². The lowest BCUT2D eigenvalue weighted by Crippen LogP contribution is -2.10. The number of hydrogen-bond donors (Lipinski definition) is 2. The molecule has 0 fully saturated rings. The highest BCUT2D eigenvalue weighted by atomic mass is 79.9. The van der Waals surface area contributed by atoms with Gasteiger partial charge in [0.2, 0.25) is 0 Å². The molecular formula is C11H14BrNO. The van der Waals surface area contributed by atoms with Crippen molar-refractivity contribution in [2.24, 2.45) is 5.73 Å². The third-order valence-electron chi connectivity index (χ3n) is 1.97. The summed E-state index contributed by atoms with van der Waals surface area (Å²) in [6.45, 7) is 5.77. The Labute approximate surface area is 92.6 Å². The number of rotatable bonds is 3. The molecule has 0 radical (unpaired) electrons. The summed E-state index contributed by atoms with van der Waals surface area (Å²) in [7, 11) is 0. The van der Waals surface area contributed by atoms with Gasteiger partial charge in [0.25, 0.3) is 0 Å². The third kappa shape index (κ3) is 2.86. The van der Waals surface area contributed by atoms with Gasteiger partial charge in [-0.15, -0.1) is 6.58 Å². The van der Waals surface area contributed by atoms with Crippen LogP contribution in [0.4, 0.5) is 0 Å². The van der Waals surface area contributed by atoms with E-state index in [4.69, 9.17) is 5.73 Å². The summed E-state index contributed by atoms with van der Waals surface area (Å²) in [5.74, 6) is 0.233. The molecule has 0 aliphatic heterocycles. The zero-order valence-electron chi connectivity index (χ0n) is 8.13. The second-order valence-corrected chi connectivity index (χ2v) is 4.33. The predicted octanol–water partition coefficient (Wildman–Crippen LogP) is 3.12. The molecular weight excluding hydrogens is 242 g/mol. The molecule has 0 unspecified atom stereocenters. The van der Waals surface area contributed by atoms with Crippen LogP contribution in [0.3, 0.4) is 0 Å². The van der Waals surface area contributed by atoms with Gasteiger partial charge in [-0.3, -0.25) is 0 Å². The van der Waals surface area contributed by atoms with Crippen molar-refractivity contribution >= 4 is 15.9 Å². The lowest BCUT2D eigenvalue weighted by Gasteiger charge is -2.12. The van der Waals surface area contributed by atoms with E-state index in [1.54, 1.807) is 6.07 Å². The van der Waals surface area contributed by atoms with Crippen molar-refractivity contribution in [2.75, 3.05) is 0 Å². The fraction of sp³-hybridized carbons (Fsp3) is 0.273. The highest BCUT2D eigenvalue weighted by Gasteiger charge is 2.07. The molecule has 0 aliphatic carbocycles. The summed E-state index contributed by atoms with van der Waals surface area (Å²) < 4.78 is 0.673. The predicted molar refractivity (Wildman–Crippen MR) is 62.2 cm³/mol. The van der Waals surface area contributed by atoms with Gasteiger partial charge in [0, 0.05) is 6.04 Å². The van der Waals surface area contributed by atoms with E-state index < -0.39 is 0 Å². The minimum Gasteiger partial charge on any atom is -0.507 e. The van der Waals surface area contributed by atoms with Gasteiger partial charge < -0.3 is 10.8 Å². The smallest absolute Gasteiger partial charge is 0.129 e. The van der Waals surface area contributed by atoms with E-state index in [-0.39, 0.29) is 11.8 Å². The van der Waals surface area contributed by atoms with E-state index in [2.05, 4.69) is 22.5 Å². The average molecular weight is 256 g/mol. The van der Waals surface area contributed by atoms with Crippen molar-refractivity contribution in [3.63, 3.8) is 0 Å². The van der Waals surface area contributed by atoms with E-state index >= 15 is 0 Å². The second kappa shape index (κ2) is 4.62. The van der Waals surface area contributed by atoms with Crippen molar-refractivity contribution in [1.82, 2.24) is 0 Å². The molecule has 0 heterocycles. The van der Waals surface area contributed by atoms with Crippen molar-refractivity contribution in [1.29, 1.82) is 0 Å². The van der Waals surface area contributed by atoms with Crippen molar-refractivity contribution in [2.45, 2.75) is 19.4 Å². The van der Waals surface area contributed by atoms with Gasteiger partial charge >= 0.3 is 0 Å².